The summed E-state index contributed by atoms with van der Waals surface area (Å²) >= 11 is 0. The number of carbonyl (C=O) groups is 1. The molecule has 0 saturated heterocycles. The van der Waals surface area contributed by atoms with Crippen molar-refractivity contribution in [3.63, 3.8) is 0 Å². The van der Waals surface area contributed by atoms with E-state index in [1.165, 1.54) is 25.7 Å². The molecule has 0 unspecified atom stereocenters. The Labute approximate surface area is 98.9 Å². The van der Waals surface area contributed by atoms with E-state index >= 15 is 0 Å². The van der Waals surface area contributed by atoms with E-state index < -0.39 is 0 Å². The zero-order valence-corrected chi connectivity index (χ0v) is 10.3. The Hall–Kier alpha value is -1.29. The molecule has 0 radical (unpaired) electrons. The van der Waals surface area contributed by atoms with Crippen LogP contribution >= 0.6 is 0 Å². The summed E-state index contributed by atoms with van der Waals surface area (Å²) in [7, 11) is 0. The van der Waals surface area contributed by atoms with E-state index in [0.717, 1.165) is 17.5 Å². The average molecular weight is 216 g/mol. The van der Waals surface area contributed by atoms with Crippen LogP contribution in [0, 0.1) is 19.1 Å². The van der Waals surface area contributed by atoms with Crippen LogP contribution in [0.25, 0.3) is 0 Å². The highest BCUT2D eigenvalue weighted by Crippen LogP contribution is 2.10. The van der Waals surface area contributed by atoms with Gasteiger partial charge in [0.2, 0.25) is 0 Å². The van der Waals surface area contributed by atoms with Crippen molar-refractivity contribution in [1.29, 1.82) is 0 Å². The molecule has 0 atom stereocenters. The molecular weight excluding hydrogens is 196 g/mol. The molecule has 1 rings (SSSR count). The van der Waals surface area contributed by atoms with Gasteiger partial charge in [-0.15, -0.1) is 0 Å². The molecular formula is C15H20O. The first-order chi connectivity index (χ1) is 7.74. The van der Waals surface area contributed by atoms with Gasteiger partial charge in [-0.25, -0.2) is 0 Å². The summed E-state index contributed by atoms with van der Waals surface area (Å²) in [5.41, 5.74) is 1.77. The zero-order chi connectivity index (χ0) is 11.8. The summed E-state index contributed by atoms with van der Waals surface area (Å²) < 4.78 is 0. The van der Waals surface area contributed by atoms with Crippen LogP contribution in [0.15, 0.2) is 12.1 Å². The van der Waals surface area contributed by atoms with Crippen molar-refractivity contribution < 1.29 is 4.79 Å². The standard InChI is InChI=1S/C15H20O/c1-3-4-5-6-7-11-15(16)14-10-8-9-13(2)12-14/h10,12H,3-7,11H2,1-2H3. The summed E-state index contributed by atoms with van der Waals surface area (Å²) in [5, 5.41) is 0. The molecule has 0 bridgehead atoms. The Balaban J connectivity index is 2.30. The van der Waals surface area contributed by atoms with E-state index in [1.54, 1.807) is 6.07 Å². The molecule has 16 heavy (non-hydrogen) atoms. The van der Waals surface area contributed by atoms with Crippen molar-refractivity contribution in [2.24, 2.45) is 0 Å². The number of unbranched alkanes of at least 4 members (excludes halogenated alkanes) is 4. The number of ketones is 1. The predicted molar refractivity (Wildman–Crippen MR) is 66.6 cm³/mol. The van der Waals surface area contributed by atoms with Crippen LogP contribution in [0.3, 0.4) is 0 Å². The number of carbonyl (C=O) groups excluding carboxylic acids is 1. The van der Waals surface area contributed by atoms with Crippen LogP contribution in [0.5, 0.6) is 0 Å². The maximum Gasteiger partial charge on any atom is 0.163 e. The third kappa shape index (κ3) is 4.49. The molecule has 0 fully saturated rings. The van der Waals surface area contributed by atoms with Gasteiger partial charge in [0, 0.05) is 17.5 Å². The van der Waals surface area contributed by atoms with Gasteiger partial charge in [0.25, 0.3) is 0 Å². The molecule has 0 heterocycles. The lowest BCUT2D eigenvalue weighted by Gasteiger charge is -2.00. The second kappa shape index (κ2) is 7.06. The van der Waals surface area contributed by atoms with Crippen molar-refractivity contribution in [2.45, 2.75) is 52.4 Å². The maximum atomic E-state index is 11.8. The molecule has 0 aliphatic heterocycles. The Morgan fingerprint density at radius 1 is 1.25 bits per heavy atom. The molecule has 0 aromatic heterocycles. The van der Waals surface area contributed by atoms with Gasteiger partial charge in [0.05, 0.1) is 0 Å². The first kappa shape index (κ1) is 12.8. The number of hydrogen-bond acceptors (Lipinski definition) is 1. The summed E-state index contributed by atoms with van der Waals surface area (Å²) in [5.74, 6) is 0.241. The third-order valence-electron chi connectivity index (χ3n) is 2.70. The Kier molecular flexibility index (Phi) is 5.64. The number of rotatable bonds is 7. The molecule has 0 saturated carbocycles. The van der Waals surface area contributed by atoms with E-state index in [4.69, 9.17) is 0 Å². The molecule has 0 amide bonds. The van der Waals surface area contributed by atoms with Gasteiger partial charge in [-0.05, 0) is 25.5 Å². The van der Waals surface area contributed by atoms with Gasteiger partial charge in [0.15, 0.2) is 5.78 Å². The van der Waals surface area contributed by atoms with Crippen molar-refractivity contribution in [3.05, 3.63) is 35.4 Å². The second-order valence-corrected chi connectivity index (χ2v) is 4.28. The highest BCUT2D eigenvalue weighted by Gasteiger charge is 2.04. The van der Waals surface area contributed by atoms with Crippen LogP contribution in [0.2, 0.25) is 0 Å². The molecule has 0 N–H and O–H groups in total. The van der Waals surface area contributed by atoms with Gasteiger partial charge in [-0.2, -0.15) is 0 Å². The molecule has 86 valence electrons. The normalized spacial score (nSPS) is 9.88. The van der Waals surface area contributed by atoms with Crippen LogP contribution < -0.4 is 0 Å². The fourth-order valence-corrected chi connectivity index (χ4v) is 1.73. The largest absolute Gasteiger partial charge is 0.294 e. The minimum absolute atomic E-state index is 0.241. The number of aryl methyl sites for hydroxylation is 1. The van der Waals surface area contributed by atoms with Crippen molar-refractivity contribution in [3.8, 4) is 0 Å². The minimum Gasteiger partial charge on any atom is -0.294 e. The lowest BCUT2D eigenvalue weighted by atomic mass is 10.0. The molecule has 0 spiro atoms. The van der Waals surface area contributed by atoms with Crippen molar-refractivity contribution in [2.75, 3.05) is 0 Å². The van der Waals surface area contributed by atoms with E-state index in [2.05, 4.69) is 19.1 Å². The number of Topliss-reactive ketones (excluding diaryl/α,β-unsaturated/α-hetero) is 1. The molecule has 1 nitrogen and oxygen atoms in total. The topological polar surface area (TPSA) is 17.1 Å². The van der Waals surface area contributed by atoms with Gasteiger partial charge in [-0.3, -0.25) is 4.79 Å². The zero-order valence-electron chi connectivity index (χ0n) is 10.3. The van der Waals surface area contributed by atoms with Crippen molar-refractivity contribution in [1.82, 2.24) is 0 Å². The molecule has 0 aliphatic rings. The van der Waals surface area contributed by atoms with E-state index in [0.29, 0.717) is 6.42 Å². The fraction of sp³-hybridized carbons (Fsp3) is 0.533. The van der Waals surface area contributed by atoms with Crippen LogP contribution in [-0.2, 0) is 0 Å². The van der Waals surface area contributed by atoms with Gasteiger partial charge < -0.3 is 0 Å². The summed E-state index contributed by atoms with van der Waals surface area (Å²) in [6.45, 7) is 4.14. The molecule has 1 aromatic rings. The van der Waals surface area contributed by atoms with Crippen LogP contribution in [0.1, 0.15) is 61.4 Å². The first-order valence-corrected chi connectivity index (χ1v) is 6.17. The minimum atomic E-state index is 0.241. The summed E-state index contributed by atoms with van der Waals surface area (Å²) in [6.07, 6.45) is 6.62. The highest BCUT2D eigenvalue weighted by atomic mass is 16.1. The fourth-order valence-electron chi connectivity index (χ4n) is 1.73. The van der Waals surface area contributed by atoms with Gasteiger partial charge in [-0.1, -0.05) is 44.7 Å². The Morgan fingerprint density at radius 3 is 2.69 bits per heavy atom. The van der Waals surface area contributed by atoms with Crippen molar-refractivity contribution >= 4 is 5.78 Å². The first-order valence-electron chi connectivity index (χ1n) is 6.17. The van der Waals surface area contributed by atoms with E-state index in [1.807, 2.05) is 13.0 Å². The SMILES string of the molecule is CCCCCCCC(=O)c1cc#cc(C)c1. The third-order valence-corrected chi connectivity index (χ3v) is 2.70. The van der Waals surface area contributed by atoms with Gasteiger partial charge in [0.1, 0.15) is 0 Å². The van der Waals surface area contributed by atoms with Crippen LogP contribution in [0.4, 0.5) is 0 Å². The Bertz CT molecular complexity index is 328. The summed E-state index contributed by atoms with van der Waals surface area (Å²) in [4.78, 5) is 11.8. The summed E-state index contributed by atoms with van der Waals surface area (Å²) in [6, 6.07) is 9.44. The predicted octanol–water partition coefficient (Wildman–Crippen LogP) is 4.14. The molecule has 0 aliphatic carbocycles. The van der Waals surface area contributed by atoms with Gasteiger partial charge >= 0.3 is 0 Å². The highest BCUT2D eigenvalue weighted by molar-refractivity contribution is 5.95. The monoisotopic (exact) mass is 216 g/mol. The maximum absolute atomic E-state index is 11.8. The molecule has 1 aromatic carbocycles. The smallest absolute Gasteiger partial charge is 0.163 e. The average Bonchev–Trinajstić information content (AvgIpc) is 2.28. The Morgan fingerprint density at radius 2 is 2.00 bits per heavy atom. The van der Waals surface area contributed by atoms with Crippen LogP contribution in [-0.4, -0.2) is 5.78 Å². The van der Waals surface area contributed by atoms with E-state index in [-0.39, 0.29) is 5.78 Å². The second-order valence-electron chi connectivity index (χ2n) is 4.28. The lowest BCUT2D eigenvalue weighted by Crippen LogP contribution is -1.98. The molecule has 1 heteroatoms. The quantitative estimate of drug-likeness (QED) is 0.494. The van der Waals surface area contributed by atoms with E-state index in [9.17, 15) is 4.79 Å². The number of hydrogen-bond donors (Lipinski definition) is 0. The lowest BCUT2D eigenvalue weighted by molar-refractivity contribution is 0.0979.